The van der Waals surface area contributed by atoms with Gasteiger partial charge in [-0.05, 0) is 49.4 Å². The molecule has 0 saturated carbocycles. The van der Waals surface area contributed by atoms with E-state index in [9.17, 15) is 13.2 Å². The molecule has 0 aromatic heterocycles. The molecule has 0 aliphatic rings. The topological polar surface area (TPSA) is 75.3 Å². The second-order valence-corrected chi connectivity index (χ2v) is 7.71. The summed E-state index contributed by atoms with van der Waals surface area (Å²) in [6, 6.07) is 13.9. The summed E-state index contributed by atoms with van der Waals surface area (Å²) < 4.78 is 26.4. The summed E-state index contributed by atoms with van der Waals surface area (Å²) in [4.78, 5) is 12.1. The number of nitrogens with one attached hydrogen (secondary N) is 2. The molecule has 0 radical (unpaired) electrons. The Morgan fingerprint density at radius 2 is 1.83 bits per heavy atom. The Hall–Kier alpha value is -1.70. The van der Waals surface area contributed by atoms with Gasteiger partial charge in [-0.25, -0.2) is 13.1 Å². The molecule has 0 bridgehead atoms. The molecule has 5 nitrogen and oxygen atoms in total. The van der Waals surface area contributed by atoms with E-state index < -0.39 is 10.0 Å². The Morgan fingerprint density at radius 1 is 1.13 bits per heavy atom. The molecular weight excluding hydrogens is 380 g/mol. The van der Waals surface area contributed by atoms with Crippen LogP contribution in [0, 0.1) is 0 Å². The monoisotopic (exact) mass is 396 g/mol. The molecule has 122 valence electrons. The summed E-state index contributed by atoms with van der Waals surface area (Å²) >= 11 is 3.35. The number of halogens is 1. The molecule has 2 rings (SSSR count). The highest BCUT2D eigenvalue weighted by Gasteiger charge is 2.10. The molecule has 2 aromatic carbocycles. The van der Waals surface area contributed by atoms with Crippen molar-refractivity contribution in [3.8, 4) is 0 Å². The largest absolute Gasteiger partial charge is 0.326 e. The van der Waals surface area contributed by atoms with E-state index in [1.54, 1.807) is 12.1 Å². The highest BCUT2D eigenvalue weighted by Crippen LogP contribution is 2.16. The number of aryl methyl sites for hydroxylation is 1. The fourth-order valence-electron chi connectivity index (χ4n) is 2.00. The molecule has 0 fully saturated rings. The number of amides is 1. The smallest absolute Gasteiger partial charge is 0.240 e. The zero-order valence-corrected chi connectivity index (χ0v) is 14.9. The lowest BCUT2D eigenvalue weighted by molar-refractivity contribution is -0.116. The molecule has 0 aliphatic carbocycles. The molecule has 0 aliphatic heterocycles. The van der Waals surface area contributed by atoms with E-state index in [1.807, 2.05) is 24.3 Å². The van der Waals surface area contributed by atoms with Gasteiger partial charge in [-0.2, -0.15) is 0 Å². The van der Waals surface area contributed by atoms with E-state index in [4.69, 9.17) is 0 Å². The molecule has 2 N–H and O–H groups in total. The van der Waals surface area contributed by atoms with Crippen LogP contribution in [0.1, 0.15) is 12.0 Å². The molecule has 0 heterocycles. The first kappa shape index (κ1) is 17.7. The van der Waals surface area contributed by atoms with Crippen LogP contribution in [0.3, 0.4) is 0 Å². The third kappa shape index (κ3) is 5.16. The van der Waals surface area contributed by atoms with Gasteiger partial charge in [0.15, 0.2) is 0 Å². The predicted molar refractivity (Wildman–Crippen MR) is 93.8 cm³/mol. The lowest BCUT2D eigenvalue weighted by atomic mass is 10.1. The molecule has 0 spiro atoms. The zero-order chi connectivity index (χ0) is 16.9. The maximum Gasteiger partial charge on any atom is 0.240 e. The number of rotatable bonds is 6. The first-order valence-electron chi connectivity index (χ1n) is 6.98. The van der Waals surface area contributed by atoms with E-state index in [1.165, 1.54) is 19.2 Å². The van der Waals surface area contributed by atoms with Gasteiger partial charge < -0.3 is 5.32 Å². The summed E-state index contributed by atoms with van der Waals surface area (Å²) in [5, 5.41) is 2.82. The molecule has 0 unspecified atom stereocenters. The summed E-state index contributed by atoms with van der Waals surface area (Å²) in [5.74, 6) is -0.0879. The highest BCUT2D eigenvalue weighted by molar-refractivity contribution is 9.10. The fraction of sp³-hybridized carbons (Fsp3) is 0.188. The van der Waals surface area contributed by atoms with Gasteiger partial charge >= 0.3 is 0 Å². The van der Waals surface area contributed by atoms with E-state index in [-0.39, 0.29) is 10.8 Å². The number of benzene rings is 2. The summed E-state index contributed by atoms with van der Waals surface area (Å²) in [5.41, 5.74) is 1.64. The molecule has 1 amide bonds. The van der Waals surface area contributed by atoms with Crippen LogP contribution in [0.5, 0.6) is 0 Å². The Labute approximate surface area is 144 Å². The van der Waals surface area contributed by atoms with Crippen molar-refractivity contribution >= 4 is 37.5 Å². The second kappa shape index (κ2) is 7.72. The van der Waals surface area contributed by atoms with Crippen molar-refractivity contribution < 1.29 is 13.2 Å². The number of sulfonamides is 1. The average molecular weight is 397 g/mol. The Balaban J connectivity index is 1.92. The highest BCUT2D eigenvalue weighted by atomic mass is 79.9. The van der Waals surface area contributed by atoms with Crippen molar-refractivity contribution in [2.75, 3.05) is 12.4 Å². The zero-order valence-electron chi connectivity index (χ0n) is 12.5. The van der Waals surface area contributed by atoms with Crippen molar-refractivity contribution in [2.45, 2.75) is 17.7 Å². The summed E-state index contributed by atoms with van der Waals surface area (Å²) in [6.45, 7) is 0. The Bertz CT molecular complexity index is 789. The molecule has 23 heavy (non-hydrogen) atoms. The number of hydrogen-bond acceptors (Lipinski definition) is 3. The molecule has 7 heteroatoms. The Kier molecular flexibility index (Phi) is 5.92. The van der Waals surface area contributed by atoms with Gasteiger partial charge in [0.25, 0.3) is 0 Å². The van der Waals surface area contributed by atoms with Crippen LogP contribution < -0.4 is 10.0 Å². The number of carbonyl (C=O) groups is 1. The van der Waals surface area contributed by atoms with Crippen molar-refractivity contribution in [2.24, 2.45) is 0 Å². The van der Waals surface area contributed by atoms with E-state index in [0.717, 1.165) is 15.7 Å². The van der Waals surface area contributed by atoms with Gasteiger partial charge in [0.2, 0.25) is 15.9 Å². The van der Waals surface area contributed by atoms with Crippen LogP contribution in [0.25, 0.3) is 0 Å². The number of anilines is 1. The second-order valence-electron chi connectivity index (χ2n) is 4.91. The third-order valence-electron chi connectivity index (χ3n) is 3.25. The number of hydrogen-bond donors (Lipinski definition) is 2. The van der Waals surface area contributed by atoms with Crippen LogP contribution in [0.4, 0.5) is 5.69 Å². The fourth-order valence-corrected chi connectivity index (χ4v) is 3.13. The lowest BCUT2D eigenvalue weighted by Crippen LogP contribution is -2.18. The Morgan fingerprint density at radius 3 is 2.43 bits per heavy atom. The van der Waals surface area contributed by atoms with E-state index >= 15 is 0 Å². The summed E-state index contributed by atoms with van der Waals surface area (Å²) in [7, 11) is -2.05. The lowest BCUT2D eigenvalue weighted by Gasteiger charge is -2.07. The van der Waals surface area contributed by atoms with E-state index in [2.05, 4.69) is 26.0 Å². The molecule has 0 saturated heterocycles. The standard InChI is InChI=1S/C16H17BrN2O3S/c1-18-23(21,22)15-8-5-12(6-9-15)7-10-16(20)19-14-4-2-3-13(17)11-14/h2-6,8-9,11,18H,7,10H2,1H3,(H,19,20). The van der Waals surface area contributed by atoms with Gasteiger partial charge in [-0.1, -0.05) is 34.1 Å². The SMILES string of the molecule is CNS(=O)(=O)c1ccc(CCC(=O)Nc2cccc(Br)c2)cc1. The maximum atomic E-state index is 11.9. The maximum absolute atomic E-state index is 11.9. The minimum absolute atomic E-state index is 0.0879. The minimum Gasteiger partial charge on any atom is -0.326 e. The number of carbonyl (C=O) groups excluding carboxylic acids is 1. The van der Waals surface area contributed by atoms with Gasteiger partial charge in [0.1, 0.15) is 0 Å². The van der Waals surface area contributed by atoms with Gasteiger partial charge in [0, 0.05) is 16.6 Å². The van der Waals surface area contributed by atoms with Crippen LogP contribution >= 0.6 is 15.9 Å². The van der Waals surface area contributed by atoms with Crippen molar-refractivity contribution in [3.05, 3.63) is 58.6 Å². The first-order valence-corrected chi connectivity index (χ1v) is 9.26. The van der Waals surface area contributed by atoms with Crippen molar-refractivity contribution in [3.63, 3.8) is 0 Å². The normalized spacial score (nSPS) is 11.2. The van der Waals surface area contributed by atoms with Gasteiger partial charge in [-0.3, -0.25) is 4.79 Å². The van der Waals surface area contributed by atoms with Crippen LogP contribution in [-0.4, -0.2) is 21.4 Å². The van der Waals surface area contributed by atoms with Crippen molar-refractivity contribution in [1.29, 1.82) is 0 Å². The van der Waals surface area contributed by atoms with Gasteiger partial charge in [0.05, 0.1) is 4.90 Å². The minimum atomic E-state index is -3.42. The average Bonchev–Trinajstić information content (AvgIpc) is 2.53. The van der Waals surface area contributed by atoms with Crippen LogP contribution in [-0.2, 0) is 21.2 Å². The van der Waals surface area contributed by atoms with E-state index in [0.29, 0.717) is 12.8 Å². The van der Waals surface area contributed by atoms with Crippen LogP contribution in [0.2, 0.25) is 0 Å². The first-order chi connectivity index (χ1) is 10.9. The molecule has 2 aromatic rings. The predicted octanol–water partition coefficient (Wildman–Crippen LogP) is 2.93. The molecular formula is C16H17BrN2O3S. The van der Waals surface area contributed by atoms with Crippen LogP contribution in [0.15, 0.2) is 57.9 Å². The molecule has 0 atom stereocenters. The third-order valence-corrected chi connectivity index (χ3v) is 5.17. The van der Waals surface area contributed by atoms with Crippen molar-refractivity contribution in [1.82, 2.24) is 4.72 Å². The van der Waals surface area contributed by atoms with Gasteiger partial charge in [-0.15, -0.1) is 0 Å². The quantitative estimate of drug-likeness (QED) is 0.787. The summed E-state index contributed by atoms with van der Waals surface area (Å²) in [6.07, 6.45) is 0.865.